The van der Waals surface area contributed by atoms with E-state index in [1.807, 2.05) is 6.07 Å². The lowest BCUT2D eigenvalue weighted by Gasteiger charge is -2.17. The molecule has 0 aliphatic rings. The summed E-state index contributed by atoms with van der Waals surface area (Å²) in [6.45, 7) is -0.0741. The van der Waals surface area contributed by atoms with Crippen LogP contribution in [0.5, 0.6) is 0 Å². The molecule has 250 valence electrons. The molecular weight excluding hydrogens is 646 g/mol. The number of alkyl halides is 6. The van der Waals surface area contributed by atoms with Gasteiger partial charge in [-0.15, -0.1) is 0 Å². The largest absolute Gasteiger partial charge is 0.481 e. The van der Waals surface area contributed by atoms with Crippen molar-refractivity contribution in [1.82, 2.24) is 25.9 Å². The van der Waals surface area contributed by atoms with Gasteiger partial charge in [-0.2, -0.15) is 26.3 Å². The molecule has 0 saturated heterocycles. The predicted octanol–water partition coefficient (Wildman–Crippen LogP) is 3.11. The summed E-state index contributed by atoms with van der Waals surface area (Å²) in [4.78, 5) is 75.3. The van der Waals surface area contributed by atoms with Gasteiger partial charge < -0.3 is 26.4 Å². The highest BCUT2D eigenvalue weighted by atomic mass is 19.4. The number of ketones is 2. The van der Waals surface area contributed by atoms with E-state index in [2.05, 4.69) is 31.2 Å². The van der Waals surface area contributed by atoms with Crippen LogP contribution in [0.15, 0.2) is 73.3 Å². The Morgan fingerprint density at radius 1 is 0.787 bits per heavy atom. The number of hydrogen-bond acceptors (Lipinski definition) is 8. The Labute approximate surface area is 260 Å². The number of urea groups is 1. The number of pyridine rings is 2. The Kier molecular flexibility index (Phi) is 13.5. The fraction of sp³-hybridized carbons (Fsp3) is 0.214. The quantitative estimate of drug-likeness (QED) is 0.150. The lowest BCUT2D eigenvalue weighted by atomic mass is 10.1. The molecule has 0 saturated carbocycles. The molecule has 1 atom stereocenters. The Morgan fingerprint density at radius 3 is 1.94 bits per heavy atom. The fourth-order valence-corrected chi connectivity index (χ4v) is 3.37. The van der Waals surface area contributed by atoms with Crippen molar-refractivity contribution in [2.24, 2.45) is 0 Å². The number of rotatable bonds is 11. The lowest BCUT2D eigenvalue weighted by Crippen LogP contribution is -2.39. The summed E-state index contributed by atoms with van der Waals surface area (Å²) >= 11 is 0. The van der Waals surface area contributed by atoms with Gasteiger partial charge in [0.1, 0.15) is 0 Å². The number of carboxylic acid groups (broad SMARTS) is 1. The van der Waals surface area contributed by atoms with Crippen LogP contribution < -0.4 is 21.3 Å². The molecule has 0 fully saturated rings. The van der Waals surface area contributed by atoms with E-state index in [0.29, 0.717) is 11.3 Å². The van der Waals surface area contributed by atoms with Gasteiger partial charge in [0.05, 0.1) is 19.0 Å². The van der Waals surface area contributed by atoms with Gasteiger partial charge in [0.2, 0.25) is 5.91 Å². The van der Waals surface area contributed by atoms with Gasteiger partial charge >= 0.3 is 35.9 Å². The first-order valence-electron chi connectivity index (χ1n) is 12.9. The van der Waals surface area contributed by atoms with Crippen molar-refractivity contribution in [3.8, 4) is 0 Å². The zero-order valence-electron chi connectivity index (χ0n) is 23.7. The van der Waals surface area contributed by atoms with Gasteiger partial charge in [0.15, 0.2) is 0 Å². The van der Waals surface area contributed by atoms with E-state index in [9.17, 15) is 55.1 Å². The average molecular weight is 671 g/mol. The number of carboxylic acids is 1. The van der Waals surface area contributed by atoms with E-state index in [-0.39, 0.29) is 25.1 Å². The molecule has 3 rings (SSSR count). The maximum Gasteiger partial charge on any atom is 0.458 e. The minimum Gasteiger partial charge on any atom is -0.481 e. The number of amides is 4. The van der Waals surface area contributed by atoms with Crippen molar-refractivity contribution in [1.29, 1.82) is 0 Å². The Hall–Kier alpha value is -5.88. The van der Waals surface area contributed by atoms with Crippen LogP contribution in [0.2, 0.25) is 0 Å². The normalized spacial score (nSPS) is 11.5. The topological polar surface area (TPSA) is 197 Å². The first-order valence-corrected chi connectivity index (χ1v) is 12.9. The van der Waals surface area contributed by atoms with Crippen LogP contribution in [-0.2, 0) is 25.7 Å². The maximum atomic E-state index is 12.5. The third kappa shape index (κ3) is 13.3. The molecule has 1 aromatic carbocycles. The number of hydrogen-bond donors (Lipinski definition) is 5. The first kappa shape index (κ1) is 37.3. The van der Waals surface area contributed by atoms with Gasteiger partial charge in [0, 0.05) is 42.6 Å². The number of carbonyl (C=O) groups excluding carboxylic acids is 5. The van der Waals surface area contributed by atoms with Crippen molar-refractivity contribution in [2.75, 3.05) is 11.9 Å². The number of carbonyl (C=O) groups is 6. The highest BCUT2D eigenvalue weighted by Gasteiger charge is 2.54. The summed E-state index contributed by atoms with van der Waals surface area (Å²) in [7, 11) is 0. The minimum atomic E-state index is -5.77. The van der Waals surface area contributed by atoms with Crippen LogP contribution in [0, 0.1) is 0 Å². The summed E-state index contributed by atoms with van der Waals surface area (Å²) < 4.78 is 67.0. The zero-order chi connectivity index (χ0) is 35.2. The van der Waals surface area contributed by atoms with Gasteiger partial charge in [-0.25, -0.2) is 4.79 Å². The number of aliphatic carboxylic acids is 1. The molecule has 13 nitrogen and oxygen atoms in total. The summed E-state index contributed by atoms with van der Waals surface area (Å²) in [5, 5.41) is 19.5. The average Bonchev–Trinajstić information content (AvgIpc) is 3.02. The van der Waals surface area contributed by atoms with E-state index in [0.717, 1.165) is 5.56 Å². The van der Waals surface area contributed by atoms with E-state index in [1.54, 1.807) is 42.7 Å². The molecule has 2 heterocycles. The van der Waals surface area contributed by atoms with E-state index < -0.39 is 53.8 Å². The first-order chi connectivity index (χ1) is 22.0. The number of benzene rings is 1. The van der Waals surface area contributed by atoms with Gasteiger partial charge in [-0.3, -0.25) is 33.9 Å². The van der Waals surface area contributed by atoms with E-state index >= 15 is 0 Å². The molecular formula is C28H24F6N6O7. The summed E-state index contributed by atoms with van der Waals surface area (Å²) in [5.74, 6) is -8.99. The van der Waals surface area contributed by atoms with Crippen LogP contribution in [0.1, 0.15) is 33.9 Å². The van der Waals surface area contributed by atoms with Gasteiger partial charge in [0.25, 0.3) is 5.91 Å². The second-order valence-electron chi connectivity index (χ2n) is 9.09. The van der Waals surface area contributed by atoms with Crippen LogP contribution in [0.3, 0.4) is 0 Å². The Balaban J connectivity index is 0.000000544. The van der Waals surface area contributed by atoms with Crippen molar-refractivity contribution in [2.45, 2.75) is 31.4 Å². The predicted molar refractivity (Wildman–Crippen MR) is 148 cm³/mol. The number of nitrogens with one attached hydrogen (secondary N) is 4. The number of nitrogens with zero attached hydrogens (tertiary/aromatic N) is 2. The molecule has 5 N–H and O–H groups in total. The Morgan fingerprint density at radius 2 is 1.40 bits per heavy atom. The maximum absolute atomic E-state index is 12.5. The molecule has 0 spiro atoms. The molecule has 19 heteroatoms. The molecule has 47 heavy (non-hydrogen) atoms. The highest BCUT2D eigenvalue weighted by molar-refractivity contribution is 6.41. The second kappa shape index (κ2) is 17.0. The van der Waals surface area contributed by atoms with Crippen molar-refractivity contribution >= 4 is 41.1 Å². The molecule has 0 radical (unpaired) electrons. The van der Waals surface area contributed by atoms with Crippen LogP contribution in [0.4, 0.5) is 36.8 Å². The number of halogens is 6. The standard InChI is InChI=1S/C24H24N6O5.C4F6O2/c31-21(30-20(11-22(32)33)18-6-3-9-26-14-18)15-27-23(34)17-5-1-7-19(10-17)29-24(35)28-13-16-4-2-8-25-12-16;5-3(6,7)1(11)2(12)4(8,9)10/h1-10,12,14,20H,11,13,15H2,(H,27,34)(H,30,31)(H,32,33)(H2,28,29,35);. The lowest BCUT2D eigenvalue weighted by molar-refractivity contribution is -0.193. The molecule has 3 aromatic rings. The van der Waals surface area contributed by atoms with Gasteiger partial charge in [-0.05, 0) is 41.5 Å². The Bertz CT molecular complexity index is 1550. The minimum absolute atomic E-state index is 0.234. The summed E-state index contributed by atoms with van der Waals surface area (Å²) in [6.07, 6.45) is -5.59. The SMILES string of the molecule is O=C(C(=O)C(F)(F)F)C(F)(F)F.O=C(O)CC(NC(=O)CNC(=O)c1cccc(NC(=O)NCc2cccnc2)c1)c1cccnc1. The third-order valence-electron chi connectivity index (χ3n) is 5.49. The van der Waals surface area contributed by atoms with Crippen molar-refractivity contribution in [3.05, 3.63) is 90.0 Å². The smallest absolute Gasteiger partial charge is 0.458 e. The molecule has 0 bridgehead atoms. The monoisotopic (exact) mass is 670 g/mol. The summed E-state index contributed by atoms with van der Waals surface area (Å²) in [5.41, 5.74) is 2.00. The molecule has 0 aliphatic carbocycles. The number of anilines is 1. The zero-order valence-corrected chi connectivity index (χ0v) is 23.7. The molecule has 2 aromatic heterocycles. The summed E-state index contributed by atoms with van der Waals surface area (Å²) in [6, 6.07) is 11.9. The van der Waals surface area contributed by atoms with Gasteiger partial charge in [-0.1, -0.05) is 18.2 Å². The van der Waals surface area contributed by atoms with Crippen LogP contribution in [-0.4, -0.2) is 69.4 Å². The highest BCUT2D eigenvalue weighted by Crippen LogP contribution is 2.24. The van der Waals surface area contributed by atoms with E-state index in [4.69, 9.17) is 5.11 Å². The molecule has 0 aliphatic heterocycles. The van der Waals surface area contributed by atoms with Crippen LogP contribution in [0.25, 0.3) is 0 Å². The third-order valence-corrected chi connectivity index (χ3v) is 5.49. The second-order valence-corrected chi connectivity index (χ2v) is 9.09. The fourth-order valence-electron chi connectivity index (χ4n) is 3.37. The molecule has 4 amide bonds. The van der Waals surface area contributed by atoms with Crippen molar-refractivity contribution in [3.63, 3.8) is 0 Å². The van der Waals surface area contributed by atoms with Crippen LogP contribution >= 0.6 is 0 Å². The van der Waals surface area contributed by atoms with E-state index in [1.165, 1.54) is 24.5 Å². The number of aromatic nitrogens is 2. The molecule has 1 unspecified atom stereocenters. The van der Waals surface area contributed by atoms with Crippen molar-refractivity contribution < 1.29 is 60.2 Å². The number of Topliss-reactive ketones (excluding diaryl/α,β-unsaturated/α-hetero) is 2.